The second kappa shape index (κ2) is 7.02. The lowest BCUT2D eigenvalue weighted by molar-refractivity contribution is -0.121. The summed E-state index contributed by atoms with van der Waals surface area (Å²) >= 11 is 0. The van der Waals surface area contributed by atoms with Crippen molar-refractivity contribution in [3.8, 4) is 0 Å². The van der Waals surface area contributed by atoms with Crippen LogP contribution in [-0.2, 0) is 30.5 Å². The molecule has 0 spiro atoms. The van der Waals surface area contributed by atoms with Gasteiger partial charge in [-0.1, -0.05) is 18.2 Å². The Bertz CT molecular complexity index is 977. The van der Waals surface area contributed by atoms with E-state index in [1.807, 2.05) is 6.07 Å². The molecule has 0 saturated heterocycles. The first-order chi connectivity index (χ1) is 13.0. The normalized spacial score (nSPS) is 17.9. The first-order valence-corrected chi connectivity index (χ1v) is 9.47. The number of rotatable bonds is 4. The van der Waals surface area contributed by atoms with E-state index in [0.717, 1.165) is 48.9 Å². The quantitative estimate of drug-likeness (QED) is 0.768. The Morgan fingerprint density at radius 3 is 2.74 bits per heavy atom. The van der Waals surface area contributed by atoms with E-state index in [2.05, 4.69) is 22.4 Å². The van der Waals surface area contributed by atoms with Gasteiger partial charge in [-0.05, 0) is 66.8 Å². The number of hydrogen-bond acceptors (Lipinski definition) is 3. The van der Waals surface area contributed by atoms with Gasteiger partial charge in [0.2, 0.25) is 5.91 Å². The predicted molar refractivity (Wildman–Crippen MR) is 102 cm³/mol. The van der Waals surface area contributed by atoms with Crippen molar-refractivity contribution in [1.82, 2.24) is 10.3 Å². The van der Waals surface area contributed by atoms with E-state index in [1.165, 1.54) is 23.6 Å². The summed E-state index contributed by atoms with van der Waals surface area (Å²) in [4.78, 5) is 38.8. The molecule has 0 fully saturated rings. The van der Waals surface area contributed by atoms with E-state index in [1.54, 1.807) is 0 Å². The number of H-pyrrole nitrogens is 1. The molecule has 4 rings (SSSR count). The van der Waals surface area contributed by atoms with Crippen LogP contribution in [0.15, 0.2) is 29.1 Å². The van der Waals surface area contributed by atoms with Gasteiger partial charge >= 0.3 is 0 Å². The molecule has 0 bridgehead atoms. The maximum atomic E-state index is 12.6. The number of aryl methyl sites for hydroxylation is 3. The van der Waals surface area contributed by atoms with Crippen molar-refractivity contribution in [2.24, 2.45) is 5.73 Å². The number of nitrogens with two attached hydrogens (primary N) is 1. The Morgan fingerprint density at radius 2 is 1.93 bits per heavy atom. The molecule has 0 aliphatic heterocycles. The summed E-state index contributed by atoms with van der Waals surface area (Å²) in [6.45, 7) is 0. The summed E-state index contributed by atoms with van der Waals surface area (Å²) in [6.07, 6.45) is 6.08. The Labute approximate surface area is 157 Å². The maximum Gasteiger partial charge on any atom is 0.261 e. The molecule has 140 valence electrons. The van der Waals surface area contributed by atoms with Crippen LogP contribution in [0.4, 0.5) is 0 Å². The summed E-state index contributed by atoms with van der Waals surface area (Å²) in [5.74, 6) is -0.814. The molecule has 2 aliphatic rings. The average molecular weight is 365 g/mol. The molecular formula is C21H23N3O3. The average Bonchev–Trinajstić information content (AvgIpc) is 3.08. The zero-order valence-electron chi connectivity index (χ0n) is 15.1. The molecule has 1 aromatic heterocycles. The minimum absolute atomic E-state index is 0.0578. The summed E-state index contributed by atoms with van der Waals surface area (Å²) in [7, 11) is 0. The van der Waals surface area contributed by atoms with Gasteiger partial charge in [-0.3, -0.25) is 14.4 Å². The van der Waals surface area contributed by atoms with Gasteiger partial charge in [0.25, 0.3) is 11.5 Å². The SMILES string of the molecule is NC(=O)c1cc2c([nH]c1=O)CCC[C@H]2NC(=O)Cc1ccc2c(c1)CCC2. The van der Waals surface area contributed by atoms with Crippen molar-refractivity contribution in [3.05, 3.63) is 68.1 Å². The number of carbonyl (C=O) groups excluding carboxylic acids is 2. The van der Waals surface area contributed by atoms with E-state index < -0.39 is 11.5 Å². The molecule has 1 aromatic carbocycles. The number of nitrogens with one attached hydrogen (secondary N) is 2. The van der Waals surface area contributed by atoms with Gasteiger partial charge in [-0.15, -0.1) is 0 Å². The number of aromatic amines is 1. The third-order valence-corrected chi connectivity index (χ3v) is 5.58. The predicted octanol–water partition coefficient (Wildman–Crippen LogP) is 1.70. The molecule has 2 amide bonds. The summed E-state index contributed by atoms with van der Waals surface area (Å²) in [6, 6.07) is 7.62. The van der Waals surface area contributed by atoms with Gasteiger partial charge in [-0.2, -0.15) is 0 Å². The molecule has 4 N–H and O–H groups in total. The van der Waals surface area contributed by atoms with Gasteiger partial charge in [0.1, 0.15) is 5.56 Å². The lowest BCUT2D eigenvalue weighted by Gasteiger charge is -2.26. The Morgan fingerprint density at radius 1 is 1.11 bits per heavy atom. The van der Waals surface area contributed by atoms with Crippen LogP contribution < -0.4 is 16.6 Å². The van der Waals surface area contributed by atoms with Crippen LogP contribution in [-0.4, -0.2) is 16.8 Å². The van der Waals surface area contributed by atoms with Crippen molar-refractivity contribution >= 4 is 11.8 Å². The topological polar surface area (TPSA) is 105 Å². The summed E-state index contributed by atoms with van der Waals surface area (Å²) < 4.78 is 0. The van der Waals surface area contributed by atoms with Crippen molar-refractivity contribution in [2.75, 3.05) is 0 Å². The summed E-state index contributed by atoms with van der Waals surface area (Å²) in [5.41, 5.74) is 10.1. The number of amides is 2. The van der Waals surface area contributed by atoms with E-state index >= 15 is 0 Å². The smallest absolute Gasteiger partial charge is 0.261 e. The van der Waals surface area contributed by atoms with Gasteiger partial charge in [-0.25, -0.2) is 0 Å². The third kappa shape index (κ3) is 3.52. The monoisotopic (exact) mass is 365 g/mol. The number of benzene rings is 1. The molecule has 2 aromatic rings. The van der Waals surface area contributed by atoms with Crippen LogP contribution in [0.1, 0.15) is 63.6 Å². The molecular weight excluding hydrogens is 342 g/mol. The molecule has 0 saturated carbocycles. The highest BCUT2D eigenvalue weighted by atomic mass is 16.2. The molecule has 0 radical (unpaired) electrons. The molecule has 27 heavy (non-hydrogen) atoms. The van der Waals surface area contributed by atoms with Gasteiger partial charge in [0, 0.05) is 5.69 Å². The fraction of sp³-hybridized carbons (Fsp3) is 0.381. The van der Waals surface area contributed by atoms with E-state index in [0.29, 0.717) is 6.42 Å². The highest BCUT2D eigenvalue weighted by Crippen LogP contribution is 2.28. The van der Waals surface area contributed by atoms with Crippen LogP contribution in [0.3, 0.4) is 0 Å². The van der Waals surface area contributed by atoms with Crippen LogP contribution >= 0.6 is 0 Å². The fourth-order valence-electron chi connectivity index (χ4n) is 4.24. The Balaban J connectivity index is 1.52. The van der Waals surface area contributed by atoms with Crippen molar-refractivity contribution in [1.29, 1.82) is 0 Å². The van der Waals surface area contributed by atoms with E-state index in [4.69, 9.17) is 5.73 Å². The number of primary amides is 1. The molecule has 1 atom stereocenters. The first kappa shape index (κ1) is 17.5. The lowest BCUT2D eigenvalue weighted by atomic mass is 9.90. The van der Waals surface area contributed by atoms with Gasteiger partial charge < -0.3 is 16.0 Å². The lowest BCUT2D eigenvalue weighted by Crippen LogP contribution is -2.34. The van der Waals surface area contributed by atoms with Crippen molar-refractivity contribution in [2.45, 2.75) is 51.0 Å². The standard InChI is InChI=1S/C21H23N3O3/c22-20(26)16-11-15-17(5-2-6-18(15)24-21(16)27)23-19(25)10-12-7-8-13-3-1-4-14(13)9-12/h7-9,11,17H,1-6,10H2,(H2,22,26)(H,23,25)(H,24,27)/t17-/m1/s1. The minimum atomic E-state index is -0.757. The zero-order chi connectivity index (χ0) is 19.0. The molecule has 6 heteroatoms. The highest BCUT2D eigenvalue weighted by molar-refractivity contribution is 5.92. The third-order valence-electron chi connectivity index (χ3n) is 5.58. The zero-order valence-corrected chi connectivity index (χ0v) is 15.1. The molecule has 1 heterocycles. The number of fused-ring (bicyclic) bond motifs is 2. The second-order valence-corrected chi connectivity index (χ2v) is 7.46. The van der Waals surface area contributed by atoms with Gasteiger partial charge in [0.15, 0.2) is 0 Å². The van der Waals surface area contributed by atoms with Crippen LogP contribution in [0.5, 0.6) is 0 Å². The highest BCUT2D eigenvalue weighted by Gasteiger charge is 2.25. The number of pyridine rings is 1. The largest absolute Gasteiger partial charge is 0.365 e. The van der Waals surface area contributed by atoms with E-state index in [9.17, 15) is 14.4 Å². The number of aromatic nitrogens is 1. The maximum absolute atomic E-state index is 12.6. The van der Waals surface area contributed by atoms with Crippen LogP contribution in [0.2, 0.25) is 0 Å². The molecule has 6 nitrogen and oxygen atoms in total. The Hall–Kier alpha value is -2.89. The van der Waals surface area contributed by atoms with Gasteiger partial charge in [0.05, 0.1) is 12.5 Å². The minimum Gasteiger partial charge on any atom is -0.365 e. The molecule has 0 unspecified atom stereocenters. The van der Waals surface area contributed by atoms with Crippen LogP contribution in [0.25, 0.3) is 0 Å². The summed E-state index contributed by atoms with van der Waals surface area (Å²) in [5, 5.41) is 3.06. The number of hydrogen-bond donors (Lipinski definition) is 3. The second-order valence-electron chi connectivity index (χ2n) is 7.46. The van der Waals surface area contributed by atoms with Crippen molar-refractivity contribution < 1.29 is 9.59 Å². The van der Waals surface area contributed by atoms with Crippen LogP contribution in [0, 0.1) is 0 Å². The fourth-order valence-corrected chi connectivity index (χ4v) is 4.24. The number of carbonyl (C=O) groups is 2. The Kier molecular flexibility index (Phi) is 4.56. The van der Waals surface area contributed by atoms with Crippen molar-refractivity contribution in [3.63, 3.8) is 0 Å². The van der Waals surface area contributed by atoms with E-state index in [-0.39, 0.29) is 17.5 Å². The first-order valence-electron chi connectivity index (χ1n) is 9.47. The molecule has 2 aliphatic carbocycles.